The molecule has 2 aromatic rings. The minimum atomic E-state index is -0.239. The summed E-state index contributed by atoms with van der Waals surface area (Å²) in [4.78, 5) is 11.5. The summed E-state index contributed by atoms with van der Waals surface area (Å²) in [5.74, 6) is 0.232. The predicted octanol–water partition coefficient (Wildman–Crippen LogP) is 2.88. The fourth-order valence-corrected chi connectivity index (χ4v) is 2.16. The van der Waals surface area contributed by atoms with E-state index in [2.05, 4.69) is 5.32 Å². The molecular formula is C17H18ClNO3. The van der Waals surface area contributed by atoms with Crippen molar-refractivity contribution in [3.8, 4) is 16.9 Å². The third-order valence-corrected chi connectivity index (χ3v) is 3.35. The third-order valence-electron chi connectivity index (χ3n) is 3.05. The summed E-state index contributed by atoms with van der Waals surface area (Å²) in [5.41, 5.74) is 2.06. The molecular weight excluding hydrogens is 302 g/mol. The molecule has 0 heterocycles. The first-order chi connectivity index (χ1) is 10.7. The van der Waals surface area contributed by atoms with E-state index in [1.807, 2.05) is 42.5 Å². The number of amides is 1. The lowest BCUT2D eigenvalue weighted by Gasteiger charge is -2.10. The largest absolute Gasteiger partial charge is 0.482 e. The second-order valence-corrected chi connectivity index (χ2v) is 5.13. The Labute approximate surface area is 134 Å². The van der Waals surface area contributed by atoms with Gasteiger partial charge >= 0.3 is 0 Å². The molecule has 0 aliphatic heterocycles. The first kappa shape index (κ1) is 16.3. The van der Waals surface area contributed by atoms with Crippen molar-refractivity contribution in [2.24, 2.45) is 0 Å². The number of nitrogens with one attached hydrogen (secondary N) is 1. The highest BCUT2D eigenvalue weighted by molar-refractivity contribution is 6.32. The van der Waals surface area contributed by atoms with Crippen LogP contribution >= 0.6 is 11.6 Å². The van der Waals surface area contributed by atoms with Gasteiger partial charge in [-0.05, 0) is 29.7 Å². The van der Waals surface area contributed by atoms with Crippen molar-refractivity contribution in [3.05, 3.63) is 53.6 Å². The predicted molar refractivity (Wildman–Crippen MR) is 87.1 cm³/mol. The molecule has 0 fully saturated rings. The molecule has 5 heteroatoms. The van der Waals surface area contributed by atoms with Crippen LogP contribution in [0.5, 0.6) is 5.75 Å². The number of ether oxygens (including phenoxy) is 1. The number of aliphatic hydroxyl groups is 1. The number of hydrogen-bond acceptors (Lipinski definition) is 3. The van der Waals surface area contributed by atoms with Gasteiger partial charge in [0.1, 0.15) is 5.75 Å². The molecule has 0 saturated heterocycles. The Bertz CT molecular complexity index is 617. The number of benzene rings is 2. The van der Waals surface area contributed by atoms with E-state index >= 15 is 0 Å². The monoisotopic (exact) mass is 319 g/mol. The number of hydrogen-bond donors (Lipinski definition) is 2. The van der Waals surface area contributed by atoms with Crippen molar-refractivity contribution >= 4 is 17.5 Å². The zero-order valence-corrected chi connectivity index (χ0v) is 12.8. The average molecular weight is 320 g/mol. The average Bonchev–Trinajstić information content (AvgIpc) is 2.55. The minimum absolute atomic E-state index is 0.0495. The minimum Gasteiger partial charge on any atom is -0.482 e. The Morgan fingerprint density at radius 3 is 2.59 bits per heavy atom. The van der Waals surface area contributed by atoms with E-state index in [9.17, 15) is 4.79 Å². The van der Waals surface area contributed by atoms with Crippen LogP contribution in [0.2, 0.25) is 5.02 Å². The Balaban J connectivity index is 1.94. The van der Waals surface area contributed by atoms with Crippen LogP contribution in [0.25, 0.3) is 11.1 Å². The molecule has 22 heavy (non-hydrogen) atoms. The van der Waals surface area contributed by atoms with Gasteiger partial charge in [0.15, 0.2) is 6.61 Å². The number of carbonyl (C=O) groups is 1. The third kappa shape index (κ3) is 4.76. The number of rotatable bonds is 7. The van der Waals surface area contributed by atoms with E-state index in [0.29, 0.717) is 23.7 Å². The van der Waals surface area contributed by atoms with E-state index in [1.54, 1.807) is 6.07 Å². The lowest BCUT2D eigenvalue weighted by molar-refractivity contribution is -0.123. The van der Waals surface area contributed by atoms with Gasteiger partial charge in [-0.2, -0.15) is 0 Å². The molecule has 2 rings (SSSR count). The fraction of sp³-hybridized carbons (Fsp3) is 0.235. The van der Waals surface area contributed by atoms with Crippen molar-refractivity contribution in [3.63, 3.8) is 0 Å². The van der Waals surface area contributed by atoms with Crippen LogP contribution in [0, 0.1) is 0 Å². The van der Waals surface area contributed by atoms with Gasteiger partial charge in [0.05, 0.1) is 5.02 Å². The molecule has 1 amide bonds. The van der Waals surface area contributed by atoms with Gasteiger partial charge < -0.3 is 15.2 Å². The van der Waals surface area contributed by atoms with Gasteiger partial charge in [0.25, 0.3) is 5.91 Å². The summed E-state index contributed by atoms with van der Waals surface area (Å²) >= 11 is 6.20. The van der Waals surface area contributed by atoms with Crippen LogP contribution in [0.4, 0.5) is 0 Å². The van der Waals surface area contributed by atoms with E-state index in [1.165, 1.54) is 0 Å². The maximum Gasteiger partial charge on any atom is 0.257 e. The highest BCUT2D eigenvalue weighted by atomic mass is 35.5. The summed E-state index contributed by atoms with van der Waals surface area (Å²) in [7, 11) is 0. The zero-order valence-electron chi connectivity index (χ0n) is 12.1. The van der Waals surface area contributed by atoms with Gasteiger partial charge in [0.2, 0.25) is 0 Å². The van der Waals surface area contributed by atoms with Crippen molar-refractivity contribution in [1.82, 2.24) is 5.32 Å². The molecule has 0 spiro atoms. The van der Waals surface area contributed by atoms with Crippen LogP contribution in [0.15, 0.2) is 48.5 Å². The van der Waals surface area contributed by atoms with E-state index < -0.39 is 0 Å². The molecule has 0 atom stereocenters. The standard InChI is InChI=1S/C17H18ClNO3/c18-15-11-14(13-5-2-1-3-6-13)7-8-16(15)22-12-17(21)19-9-4-10-20/h1-3,5-8,11,20H,4,9-10,12H2,(H,19,21). The maximum atomic E-state index is 11.5. The van der Waals surface area contributed by atoms with Crippen LogP contribution in [0.3, 0.4) is 0 Å². The van der Waals surface area contributed by atoms with Crippen LogP contribution in [-0.2, 0) is 4.79 Å². The maximum absolute atomic E-state index is 11.5. The fourth-order valence-electron chi connectivity index (χ4n) is 1.93. The Morgan fingerprint density at radius 1 is 1.14 bits per heavy atom. The molecule has 0 radical (unpaired) electrons. The molecule has 4 nitrogen and oxygen atoms in total. The lowest BCUT2D eigenvalue weighted by atomic mass is 10.1. The van der Waals surface area contributed by atoms with Crippen molar-refractivity contribution in [2.45, 2.75) is 6.42 Å². The molecule has 0 unspecified atom stereocenters. The normalized spacial score (nSPS) is 10.3. The molecule has 116 valence electrons. The van der Waals surface area contributed by atoms with Gasteiger partial charge in [-0.15, -0.1) is 0 Å². The summed E-state index contributed by atoms with van der Waals surface area (Å²) in [6, 6.07) is 15.4. The highest BCUT2D eigenvalue weighted by Gasteiger charge is 2.07. The lowest BCUT2D eigenvalue weighted by Crippen LogP contribution is -2.30. The van der Waals surface area contributed by atoms with Gasteiger partial charge in [-0.1, -0.05) is 48.0 Å². The number of carbonyl (C=O) groups excluding carboxylic acids is 1. The zero-order chi connectivity index (χ0) is 15.8. The van der Waals surface area contributed by atoms with E-state index in [0.717, 1.165) is 11.1 Å². The Morgan fingerprint density at radius 2 is 1.91 bits per heavy atom. The summed E-state index contributed by atoms with van der Waals surface area (Å²) in [5, 5.41) is 11.7. The molecule has 0 saturated carbocycles. The topological polar surface area (TPSA) is 58.6 Å². The van der Waals surface area contributed by atoms with Gasteiger partial charge in [-0.3, -0.25) is 4.79 Å². The summed E-state index contributed by atoms with van der Waals surface area (Å²) in [6.07, 6.45) is 0.526. The van der Waals surface area contributed by atoms with Crippen molar-refractivity contribution < 1.29 is 14.6 Å². The van der Waals surface area contributed by atoms with Crippen LogP contribution < -0.4 is 10.1 Å². The smallest absolute Gasteiger partial charge is 0.257 e. The summed E-state index contributed by atoms with van der Waals surface area (Å²) in [6.45, 7) is 0.378. The molecule has 0 aliphatic carbocycles. The van der Waals surface area contributed by atoms with Gasteiger partial charge in [0, 0.05) is 13.2 Å². The molecule has 2 aromatic carbocycles. The van der Waals surface area contributed by atoms with Gasteiger partial charge in [-0.25, -0.2) is 0 Å². The highest BCUT2D eigenvalue weighted by Crippen LogP contribution is 2.30. The SMILES string of the molecule is O=C(COc1ccc(-c2ccccc2)cc1Cl)NCCCO. The van der Waals surface area contributed by atoms with Crippen LogP contribution in [0.1, 0.15) is 6.42 Å². The molecule has 0 bridgehead atoms. The van der Waals surface area contributed by atoms with Crippen LogP contribution in [-0.4, -0.2) is 30.8 Å². The first-order valence-electron chi connectivity index (χ1n) is 7.06. The molecule has 2 N–H and O–H groups in total. The second kappa shape index (κ2) is 8.41. The quantitative estimate of drug-likeness (QED) is 0.772. The summed E-state index contributed by atoms with van der Waals surface area (Å²) < 4.78 is 5.41. The second-order valence-electron chi connectivity index (χ2n) is 4.73. The van der Waals surface area contributed by atoms with E-state index in [-0.39, 0.29) is 19.1 Å². The number of halogens is 1. The molecule has 0 aliphatic rings. The Kier molecular flexibility index (Phi) is 6.25. The van der Waals surface area contributed by atoms with E-state index in [4.69, 9.17) is 21.4 Å². The van der Waals surface area contributed by atoms with Crippen molar-refractivity contribution in [2.75, 3.05) is 19.8 Å². The number of aliphatic hydroxyl groups excluding tert-OH is 1. The first-order valence-corrected chi connectivity index (χ1v) is 7.44. The van der Waals surface area contributed by atoms with Crippen molar-refractivity contribution in [1.29, 1.82) is 0 Å². The Hall–Kier alpha value is -2.04. The molecule has 0 aromatic heterocycles.